The second-order valence-electron chi connectivity index (χ2n) is 8.34. The number of urea groups is 1. The number of ether oxygens (including phenoxy) is 1. The summed E-state index contributed by atoms with van der Waals surface area (Å²) in [6.07, 6.45) is 5.54. The summed E-state index contributed by atoms with van der Waals surface area (Å²) in [5.41, 5.74) is 1.02. The van der Waals surface area contributed by atoms with Crippen molar-refractivity contribution in [2.24, 2.45) is 0 Å². The molecule has 8 heteroatoms. The van der Waals surface area contributed by atoms with Crippen LogP contribution >= 0.6 is 0 Å². The highest BCUT2D eigenvalue weighted by Crippen LogP contribution is 2.20. The van der Waals surface area contributed by atoms with E-state index < -0.39 is 12.1 Å². The van der Waals surface area contributed by atoms with Crippen LogP contribution in [0.2, 0.25) is 0 Å². The topological polar surface area (TPSA) is 91.0 Å². The van der Waals surface area contributed by atoms with Gasteiger partial charge in [-0.2, -0.15) is 0 Å². The van der Waals surface area contributed by atoms with Gasteiger partial charge in [0.2, 0.25) is 11.8 Å². The van der Waals surface area contributed by atoms with E-state index in [0.29, 0.717) is 19.7 Å². The van der Waals surface area contributed by atoms with Crippen molar-refractivity contribution in [1.29, 1.82) is 0 Å². The fraction of sp³-hybridized carbons (Fsp3) is 0.591. The largest absolute Gasteiger partial charge is 0.374 e. The number of carbonyl (C=O) groups excluding carboxylic acids is 3. The van der Waals surface area contributed by atoms with E-state index >= 15 is 0 Å². The molecule has 8 nitrogen and oxygen atoms in total. The Bertz CT molecular complexity index is 766. The first-order valence-corrected chi connectivity index (χ1v) is 10.9. The highest BCUT2D eigenvalue weighted by atomic mass is 16.5. The maximum atomic E-state index is 12.9. The van der Waals surface area contributed by atoms with Gasteiger partial charge < -0.3 is 25.2 Å². The summed E-state index contributed by atoms with van der Waals surface area (Å²) in [6.45, 7) is 1.55. The molecule has 2 atom stereocenters. The number of hydrogen-bond acceptors (Lipinski definition) is 4. The number of carbonyl (C=O) groups is 3. The molecule has 0 aromatic heterocycles. The van der Waals surface area contributed by atoms with Gasteiger partial charge in [-0.1, -0.05) is 49.6 Å². The van der Waals surface area contributed by atoms with Crippen molar-refractivity contribution in [3.05, 3.63) is 35.9 Å². The van der Waals surface area contributed by atoms with E-state index in [0.717, 1.165) is 31.2 Å². The third-order valence-electron chi connectivity index (χ3n) is 6.20. The van der Waals surface area contributed by atoms with Crippen LogP contribution in [0.4, 0.5) is 4.79 Å². The van der Waals surface area contributed by atoms with Crippen molar-refractivity contribution >= 4 is 17.8 Å². The van der Waals surface area contributed by atoms with Gasteiger partial charge in [-0.25, -0.2) is 4.79 Å². The third-order valence-corrected chi connectivity index (χ3v) is 6.20. The number of nitrogens with one attached hydrogen (secondary N) is 2. The Labute approximate surface area is 176 Å². The number of nitrogens with zero attached hydrogens (tertiary/aromatic N) is 2. The molecule has 0 spiro atoms. The first kappa shape index (κ1) is 20.7. The fourth-order valence-electron chi connectivity index (χ4n) is 4.48. The summed E-state index contributed by atoms with van der Waals surface area (Å²) in [7, 11) is 0. The minimum Gasteiger partial charge on any atom is -0.374 e. The first-order chi connectivity index (χ1) is 14.6. The molecular formula is C22H30N4O4. The van der Waals surface area contributed by atoms with Gasteiger partial charge in [0.1, 0.15) is 12.1 Å². The molecule has 162 valence electrons. The molecule has 0 bridgehead atoms. The van der Waals surface area contributed by atoms with Crippen molar-refractivity contribution in [2.75, 3.05) is 26.2 Å². The van der Waals surface area contributed by atoms with E-state index in [9.17, 15) is 14.4 Å². The molecule has 2 N–H and O–H groups in total. The Balaban J connectivity index is 1.28. The lowest BCUT2D eigenvalue weighted by Gasteiger charge is -2.45. The summed E-state index contributed by atoms with van der Waals surface area (Å²) >= 11 is 0. The Morgan fingerprint density at radius 1 is 1.10 bits per heavy atom. The average Bonchev–Trinajstić information content (AvgIpc) is 2.78. The molecule has 1 aromatic carbocycles. The lowest BCUT2D eigenvalue weighted by Crippen LogP contribution is -2.71. The molecular weight excluding hydrogens is 384 g/mol. The Morgan fingerprint density at radius 2 is 1.87 bits per heavy atom. The van der Waals surface area contributed by atoms with Crippen LogP contribution in [0.25, 0.3) is 0 Å². The fourth-order valence-corrected chi connectivity index (χ4v) is 4.48. The molecule has 30 heavy (non-hydrogen) atoms. The van der Waals surface area contributed by atoms with Gasteiger partial charge in [0.05, 0.1) is 19.8 Å². The number of fused-ring (bicyclic) bond motifs is 1. The van der Waals surface area contributed by atoms with Crippen LogP contribution in [0, 0.1) is 0 Å². The zero-order chi connectivity index (χ0) is 20.9. The third kappa shape index (κ3) is 4.75. The summed E-state index contributed by atoms with van der Waals surface area (Å²) in [4.78, 5) is 41.4. The van der Waals surface area contributed by atoms with Crippen molar-refractivity contribution in [3.8, 4) is 0 Å². The highest BCUT2D eigenvalue weighted by Gasteiger charge is 2.44. The summed E-state index contributed by atoms with van der Waals surface area (Å²) in [5.74, 6) is -0.363. The molecule has 2 aliphatic heterocycles. The van der Waals surface area contributed by atoms with Crippen LogP contribution < -0.4 is 10.6 Å². The van der Waals surface area contributed by atoms with E-state index in [2.05, 4.69) is 10.6 Å². The number of hydrogen-bond donors (Lipinski definition) is 2. The van der Waals surface area contributed by atoms with E-state index in [4.69, 9.17) is 4.74 Å². The molecule has 1 saturated carbocycles. The number of benzene rings is 1. The normalized spacial score (nSPS) is 24.9. The number of amides is 4. The molecule has 2 heterocycles. The molecule has 0 radical (unpaired) electrons. The summed E-state index contributed by atoms with van der Waals surface area (Å²) in [6, 6.07) is 8.48. The zero-order valence-electron chi connectivity index (χ0n) is 17.2. The molecule has 0 unspecified atom stereocenters. The minimum absolute atomic E-state index is 0.130. The predicted octanol–water partition coefficient (Wildman–Crippen LogP) is 1.26. The minimum atomic E-state index is -0.680. The van der Waals surface area contributed by atoms with Gasteiger partial charge in [-0.15, -0.1) is 0 Å². The van der Waals surface area contributed by atoms with Crippen LogP contribution in [0.1, 0.15) is 37.7 Å². The molecule has 4 amide bonds. The van der Waals surface area contributed by atoms with E-state index in [1.165, 1.54) is 6.42 Å². The molecule has 1 aliphatic carbocycles. The quantitative estimate of drug-likeness (QED) is 0.759. The zero-order valence-corrected chi connectivity index (χ0v) is 17.2. The molecule has 1 aromatic rings. The van der Waals surface area contributed by atoms with Crippen LogP contribution in [0.3, 0.4) is 0 Å². The van der Waals surface area contributed by atoms with Crippen molar-refractivity contribution < 1.29 is 19.1 Å². The molecule has 2 saturated heterocycles. The van der Waals surface area contributed by atoms with Crippen LogP contribution in [0.5, 0.6) is 0 Å². The molecule has 4 rings (SSSR count). The van der Waals surface area contributed by atoms with Crippen LogP contribution in [-0.2, 0) is 20.9 Å². The van der Waals surface area contributed by atoms with Gasteiger partial charge in [-0.05, 0) is 18.4 Å². The van der Waals surface area contributed by atoms with Gasteiger partial charge in [0, 0.05) is 19.1 Å². The van der Waals surface area contributed by atoms with Crippen LogP contribution in [-0.4, -0.2) is 72.0 Å². The van der Waals surface area contributed by atoms with Gasteiger partial charge in [-0.3, -0.25) is 9.59 Å². The number of piperazine rings is 2. The standard InChI is InChI=1S/C22H30N4O4/c27-20-19-13-25(22(29)23-17-9-5-2-6-10-17)11-12-26(19)21(28)18(24-20)15-30-14-16-7-3-1-4-8-16/h1,3-4,7-8,17-19H,2,5-6,9-15H2,(H,23,29)(H,24,27)/t18-,19+/m0/s1. The van der Waals surface area contributed by atoms with E-state index in [1.807, 2.05) is 30.3 Å². The monoisotopic (exact) mass is 414 g/mol. The Morgan fingerprint density at radius 3 is 2.63 bits per heavy atom. The van der Waals surface area contributed by atoms with Crippen molar-refractivity contribution in [1.82, 2.24) is 20.4 Å². The predicted molar refractivity (Wildman–Crippen MR) is 111 cm³/mol. The van der Waals surface area contributed by atoms with Gasteiger partial charge in [0.25, 0.3) is 0 Å². The van der Waals surface area contributed by atoms with Gasteiger partial charge in [0.15, 0.2) is 0 Å². The second-order valence-corrected chi connectivity index (χ2v) is 8.34. The average molecular weight is 415 g/mol. The van der Waals surface area contributed by atoms with Crippen molar-refractivity contribution in [3.63, 3.8) is 0 Å². The van der Waals surface area contributed by atoms with E-state index in [-0.39, 0.29) is 37.0 Å². The summed E-state index contributed by atoms with van der Waals surface area (Å²) in [5, 5.41) is 5.87. The summed E-state index contributed by atoms with van der Waals surface area (Å²) < 4.78 is 5.66. The lowest BCUT2D eigenvalue weighted by molar-refractivity contribution is -0.154. The first-order valence-electron chi connectivity index (χ1n) is 10.9. The maximum absolute atomic E-state index is 12.9. The van der Waals surface area contributed by atoms with Gasteiger partial charge >= 0.3 is 6.03 Å². The Hall–Kier alpha value is -2.61. The second kappa shape index (κ2) is 9.47. The highest BCUT2D eigenvalue weighted by molar-refractivity contribution is 5.97. The van der Waals surface area contributed by atoms with Crippen LogP contribution in [0.15, 0.2) is 30.3 Å². The molecule has 3 aliphatic rings. The lowest BCUT2D eigenvalue weighted by atomic mass is 9.96. The van der Waals surface area contributed by atoms with Crippen molar-refractivity contribution in [2.45, 2.75) is 56.8 Å². The Kier molecular flexibility index (Phi) is 6.52. The number of rotatable bonds is 5. The maximum Gasteiger partial charge on any atom is 0.317 e. The SMILES string of the molecule is O=C1N[C@@H](COCc2ccccc2)C(=O)N2CCN(C(=O)NC3CCCCC3)C[C@H]12. The molecule has 3 fully saturated rings. The smallest absolute Gasteiger partial charge is 0.317 e. The van der Waals surface area contributed by atoms with E-state index in [1.54, 1.807) is 9.80 Å².